The molecule has 25 heavy (non-hydrogen) atoms. The van der Waals surface area contributed by atoms with Crippen molar-refractivity contribution in [2.75, 3.05) is 19.8 Å². The van der Waals surface area contributed by atoms with Gasteiger partial charge in [-0.15, -0.1) is 0 Å². The summed E-state index contributed by atoms with van der Waals surface area (Å²) in [5.74, 6) is 1.35. The van der Waals surface area contributed by atoms with Crippen molar-refractivity contribution in [1.82, 2.24) is 0 Å². The molecule has 0 aliphatic carbocycles. The molecular weight excluding hydrogens is 385 g/mol. The number of hydrogen-bond donors (Lipinski definition) is 0. The highest BCUT2D eigenvalue weighted by atomic mass is 35.5. The fourth-order valence-electron chi connectivity index (χ4n) is 2.00. The number of nitrogens with zero attached hydrogens (tertiary/aromatic N) is 1. The van der Waals surface area contributed by atoms with Crippen LogP contribution in [0.25, 0.3) is 0 Å². The lowest BCUT2D eigenvalue weighted by Gasteiger charge is -2.15. The number of hydrogen-bond acceptors (Lipinski definition) is 4. The average Bonchev–Trinajstić information content (AvgIpc) is 2.52. The van der Waals surface area contributed by atoms with Crippen LogP contribution >= 0.6 is 34.8 Å². The molecule has 1 aromatic carbocycles. The van der Waals surface area contributed by atoms with Crippen LogP contribution in [-0.2, 0) is 11.3 Å². The Morgan fingerprint density at radius 2 is 1.92 bits per heavy atom. The quantitative estimate of drug-likeness (QED) is 0.250. The highest BCUT2D eigenvalue weighted by molar-refractivity contribution is 6.55. The van der Waals surface area contributed by atoms with E-state index in [2.05, 4.69) is 12.1 Å². The van der Waals surface area contributed by atoms with E-state index in [4.69, 9.17) is 49.1 Å². The van der Waals surface area contributed by atoms with E-state index < -0.39 is 0 Å². The Morgan fingerprint density at radius 1 is 1.16 bits per heavy atom. The average molecular weight is 409 g/mol. The molecule has 140 valence electrons. The largest absolute Gasteiger partial charge is 0.492 e. The SMILES string of the molecule is CCCc1cc(OCC=C(Cl)Cl)cc(Cl)c1OCCCON=C(C)C. The van der Waals surface area contributed by atoms with E-state index in [1.54, 1.807) is 12.1 Å². The second-order valence-corrected chi connectivity index (χ2v) is 6.94. The molecule has 0 aliphatic rings. The lowest BCUT2D eigenvalue weighted by Crippen LogP contribution is -2.05. The van der Waals surface area contributed by atoms with Gasteiger partial charge in [-0.1, -0.05) is 53.3 Å². The van der Waals surface area contributed by atoms with Crippen LogP contribution in [0, 0.1) is 0 Å². The van der Waals surface area contributed by atoms with Gasteiger partial charge in [-0.2, -0.15) is 0 Å². The number of rotatable bonds is 11. The molecule has 0 unspecified atom stereocenters. The molecule has 0 spiro atoms. The van der Waals surface area contributed by atoms with E-state index in [9.17, 15) is 0 Å². The molecule has 1 rings (SSSR count). The van der Waals surface area contributed by atoms with Gasteiger partial charge in [0.05, 0.1) is 17.3 Å². The van der Waals surface area contributed by atoms with Crippen LogP contribution in [0.2, 0.25) is 5.02 Å². The molecule has 1 aromatic rings. The summed E-state index contributed by atoms with van der Waals surface area (Å²) in [6, 6.07) is 3.66. The Morgan fingerprint density at radius 3 is 2.56 bits per heavy atom. The summed E-state index contributed by atoms with van der Waals surface area (Å²) in [4.78, 5) is 5.15. The van der Waals surface area contributed by atoms with Crippen molar-refractivity contribution in [2.45, 2.75) is 40.0 Å². The third-order valence-electron chi connectivity index (χ3n) is 2.97. The predicted molar refractivity (Wildman–Crippen MR) is 106 cm³/mol. The molecule has 0 aliphatic heterocycles. The van der Waals surface area contributed by atoms with E-state index in [0.717, 1.165) is 30.5 Å². The summed E-state index contributed by atoms with van der Waals surface area (Å²) in [5, 5.41) is 4.40. The summed E-state index contributed by atoms with van der Waals surface area (Å²) in [6.07, 6.45) is 4.10. The third-order valence-corrected chi connectivity index (χ3v) is 3.56. The van der Waals surface area contributed by atoms with Crippen molar-refractivity contribution < 1.29 is 14.3 Å². The van der Waals surface area contributed by atoms with E-state index in [1.165, 1.54) is 0 Å². The highest BCUT2D eigenvalue weighted by Crippen LogP contribution is 2.34. The molecule has 0 amide bonds. The number of oxime groups is 1. The summed E-state index contributed by atoms with van der Waals surface area (Å²) < 4.78 is 11.6. The van der Waals surface area contributed by atoms with Gasteiger partial charge in [0.25, 0.3) is 0 Å². The first-order chi connectivity index (χ1) is 11.9. The first-order valence-corrected chi connectivity index (χ1v) is 9.29. The number of aryl methyl sites for hydroxylation is 1. The summed E-state index contributed by atoms with van der Waals surface area (Å²) in [6.45, 7) is 7.14. The van der Waals surface area contributed by atoms with E-state index in [1.807, 2.05) is 19.9 Å². The monoisotopic (exact) mass is 407 g/mol. The highest BCUT2D eigenvalue weighted by Gasteiger charge is 2.12. The van der Waals surface area contributed by atoms with Crippen molar-refractivity contribution in [2.24, 2.45) is 5.16 Å². The van der Waals surface area contributed by atoms with Crippen LogP contribution in [0.4, 0.5) is 0 Å². The summed E-state index contributed by atoms with van der Waals surface area (Å²) in [7, 11) is 0. The standard InChI is InChI=1S/C18H24Cl3NO3/c1-4-6-14-11-15(23-10-7-17(20)21)12-16(19)18(14)24-8-5-9-25-22-13(2)3/h7,11-12H,4-6,8-10H2,1-3H3. The van der Waals surface area contributed by atoms with Crippen molar-refractivity contribution >= 4 is 40.5 Å². The Hall–Kier alpha value is -1.10. The van der Waals surface area contributed by atoms with Crippen LogP contribution in [0.15, 0.2) is 27.9 Å². The topological polar surface area (TPSA) is 40.0 Å². The normalized spacial score (nSPS) is 10.2. The zero-order chi connectivity index (χ0) is 18.7. The van der Waals surface area contributed by atoms with E-state index in [0.29, 0.717) is 29.7 Å². The maximum Gasteiger partial charge on any atom is 0.141 e. The number of ether oxygens (including phenoxy) is 2. The van der Waals surface area contributed by atoms with Gasteiger partial charge in [-0.05, 0) is 38.0 Å². The van der Waals surface area contributed by atoms with Gasteiger partial charge in [0.2, 0.25) is 0 Å². The summed E-state index contributed by atoms with van der Waals surface area (Å²) >= 11 is 17.5. The van der Waals surface area contributed by atoms with Crippen molar-refractivity contribution in [1.29, 1.82) is 0 Å². The zero-order valence-corrected chi connectivity index (χ0v) is 17.0. The summed E-state index contributed by atoms with van der Waals surface area (Å²) in [5.41, 5.74) is 1.89. The maximum absolute atomic E-state index is 6.37. The van der Waals surface area contributed by atoms with Crippen LogP contribution in [0.3, 0.4) is 0 Å². The first-order valence-electron chi connectivity index (χ1n) is 8.16. The minimum absolute atomic E-state index is 0.171. The Kier molecular flexibility index (Phi) is 10.8. The third kappa shape index (κ3) is 9.24. The van der Waals surface area contributed by atoms with Gasteiger partial charge in [0, 0.05) is 12.5 Å². The molecule has 7 heteroatoms. The van der Waals surface area contributed by atoms with Crippen molar-refractivity contribution in [3.05, 3.63) is 33.3 Å². The van der Waals surface area contributed by atoms with Crippen LogP contribution in [-0.4, -0.2) is 25.5 Å². The fraction of sp³-hybridized carbons (Fsp3) is 0.500. The first kappa shape index (κ1) is 21.9. The smallest absolute Gasteiger partial charge is 0.141 e. The minimum Gasteiger partial charge on any atom is -0.492 e. The van der Waals surface area contributed by atoms with Gasteiger partial charge in [-0.25, -0.2) is 0 Å². The van der Waals surface area contributed by atoms with Gasteiger partial charge in [0.15, 0.2) is 0 Å². The molecule has 0 N–H and O–H groups in total. The predicted octanol–water partition coefficient (Wildman–Crippen LogP) is 6.17. The lowest BCUT2D eigenvalue weighted by molar-refractivity contribution is 0.127. The molecule has 4 nitrogen and oxygen atoms in total. The minimum atomic E-state index is 0.171. The van der Waals surface area contributed by atoms with Gasteiger partial charge in [0.1, 0.15) is 29.2 Å². The Bertz CT molecular complexity index is 595. The second kappa shape index (κ2) is 12.3. The van der Waals surface area contributed by atoms with Crippen molar-refractivity contribution in [3.8, 4) is 11.5 Å². The van der Waals surface area contributed by atoms with Gasteiger partial charge in [-0.3, -0.25) is 0 Å². The van der Waals surface area contributed by atoms with Crippen LogP contribution < -0.4 is 9.47 Å². The second-order valence-electron chi connectivity index (χ2n) is 5.52. The number of halogens is 3. The molecule has 0 heterocycles. The Balaban J connectivity index is 2.67. The van der Waals surface area contributed by atoms with Gasteiger partial charge < -0.3 is 14.3 Å². The lowest BCUT2D eigenvalue weighted by atomic mass is 10.1. The molecule has 0 saturated heterocycles. The van der Waals surface area contributed by atoms with E-state index in [-0.39, 0.29) is 11.1 Å². The number of benzene rings is 1. The molecule has 0 bridgehead atoms. The molecule has 0 atom stereocenters. The maximum atomic E-state index is 6.37. The van der Waals surface area contributed by atoms with Crippen LogP contribution in [0.1, 0.15) is 39.2 Å². The molecule has 0 radical (unpaired) electrons. The molecule has 0 aromatic heterocycles. The molecule has 0 fully saturated rings. The van der Waals surface area contributed by atoms with Crippen molar-refractivity contribution in [3.63, 3.8) is 0 Å². The van der Waals surface area contributed by atoms with Gasteiger partial charge >= 0.3 is 0 Å². The molecule has 0 saturated carbocycles. The van der Waals surface area contributed by atoms with E-state index >= 15 is 0 Å². The Labute approximate surface area is 164 Å². The molecular formula is C18H24Cl3NO3. The fourth-order valence-corrected chi connectivity index (χ4v) is 2.41. The zero-order valence-electron chi connectivity index (χ0n) is 14.8. The van der Waals surface area contributed by atoms with Crippen LogP contribution in [0.5, 0.6) is 11.5 Å².